The number of nitrogens with one attached hydrogen (secondary N) is 2. The lowest BCUT2D eigenvalue weighted by molar-refractivity contribution is -0.124. The third-order valence-electron chi connectivity index (χ3n) is 5.76. The number of carbonyl (C=O) groups excluding carboxylic acids is 1. The summed E-state index contributed by atoms with van der Waals surface area (Å²) in [5, 5.41) is 6.65. The number of rotatable bonds is 4. The van der Waals surface area contributed by atoms with Crippen LogP contribution in [0.2, 0.25) is 0 Å². The molecule has 3 rings (SSSR count). The molecule has 0 aromatic rings. The number of fused-ring (bicyclic) bond motifs is 1. The highest BCUT2D eigenvalue weighted by Crippen LogP contribution is 2.51. The van der Waals surface area contributed by atoms with E-state index < -0.39 is 0 Å². The van der Waals surface area contributed by atoms with Gasteiger partial charge in [-0.3, -0.25) is 4.79 Å². The highest BCUT2D eigenvalue weighted by atomic mass is 16.2. The Bertz CT molecular complexity index is 335. The molecule has 3 nitrogen and oxygen atoms in total. The Morgan fingerprint density at radius 2 is 2.17 bits per heavy atom. The van der Waals surface area contributed by atoms with E-state index in [1.54, 1.807) is 0 Å². The molecule has 3 unspecified atom stereocenters. The lowest BCUT2D eigenvalue weighted by atomic mass is 9.91. The van der Waals surface area contributed by atoms with Gasteiger partial charge in [0.15, 0.2) is 0 Å². The van der Waals surface area contributed by atoms with Crippen LogP contribution in [0.3, 0.4) is 0 Å². The predicted molar refractivity (Wildman–Crippen MR) is 72.1 cm³/mol. The molecule has 3 heteroatoms. The molecule has 0 aromatic heterocycles. The normalized spacial score (nSPS) is 36.7. The topological polar surface area (TPSA) is 41.1 Å². The molecule has 1 saturated heterocycles. The lowest BCUT2D eigenvalue weighted by Gasteiger charge is -2.23. The first-order chi connectivity index (χ1) is 8.62. The van der Waals surface area contributed by atoms with Gasteiger partial charge in [0.1, 0.15) is 0 Å². The summed E-state index contributed by atoms with van der Waals surface area (Å²) in [4.78, 5) is 12.3. The van der Waals surface area contributed by atoms with Crippen molar-refractivity contribution in [2.75, 3.05) is 13.1 Å². The standard InChI is InChI=1S/C15H26N2O/c1-10(2)15(6-7-15)9-17-14(18)13-12-5-3-4-11(12)8-16-13/h10-13,16H,3-9H2,1-2H3,(H,17,18). The fraction of sp³-hybridized carbons (Fsp3) is 0.933. The zero-order chi connectivity index (χ0) is 12.8. The Hall–Kier alpha value is -0.570. The van der Waals surface area contributed by atoms with Crippen LogP contribution in [0, 0.1) is 23.2 Å². The molecular weight excluding hydrogens is 224 g/mol. The maximum absolute atomic E-state index is 12.3. The fourth-order valence-electron chi connectivity index (χ4n) is 3.97. The monoisotopic (exact) mass is 250 g/mol. The largest absolute Gasteiger partial charge is 0.354 e. The lowest BCUT2D eigenvalue weighted by Crippen LogP contribution is -2.46. The molecular formula is C15H26N2O. The fourth-order valence-corrected chi connectivity index (χ4v) is 3.97. The summed E-state index contributed by atoms with van der Waals surface area (Å²) in [6.45, 7) is 6.50. The number of carbonyl (C=O) groups is 1. The molecule has 1 heterocycles. The summed E-state index contributed by atoms with van der Waals surface area (Å²) in [6, 6.07) is 0.0977. The first-order valence-corrected chi connectivity index (χ1v) is 7.63. The van der Waals surface area contributed by atoms with Crippen LogP contribution in [-0.2, 0) is 4.79 Å². The second kappa shape index (κ2) is 4.52. The van der Waals surface area contributed by atoms with Gasteiger partial charge in [-0.1, -0.05) is 20.3 Å². The van der Waals surface area contributed by atoms with Gasteiger partial charge in [-0.25, -0.2) is 0 Å². The number of hydrogen-bond donors (Lipinski definition) is 2. The van der Waals surface area contributed by atoms with Crippen LogP contribution >= 0.6 is 0 Å². The van der Waals surface area contributed by atoms with Gasteiger partial charge >= 0.3 is 0 Å². The van der Waals surface area contributed by atoms with Crippen LogP contribution in [0.25, 0.3) is 0 Å². The van der Waals surface area contributed by atoms with Crippen LogP contribution in [0.5, 0.6) is 0 Å². The van der Waals surface area contributed by atoms with Crippen LogP contribution in [0.15, 0.2) is 0 Å². The Labute approximate surface area is 110 Å². The van der Waals surface area contributed by atoms with E-state index in [0.29, 0.717) is 17.3 Å². The number of hydrogen-bond acceptors (Lipinski definition) is 2. The zero-order valence-corrected chi connectivity index (χ0v) is 11.7. The van der Waals surface area contributed by atoms with Crippen LogP contribution in [0.4, 0.5) is 0 Å². The first kappa shape index (κ1) is 12.5. The molecule has 0 bridgehead atoms. The number of amides is 1. The third-order valence-corrected chi connectivity index (χ3v) is 5.76. The highest BCUT2D eigenvalue weighted by Gasteiger charge is 2.47. The predicted octanol–water partition coefficient (Wildman–Crippen LogP) is 1.93. The van der Waals surface area contributed by atoms with Gasteiger partial charge in [0.25, 0.3) is 0 Å². The van der Waals surface area contributed by atoms with Gasteiger partial charge in [-0.2, -0.15) is 0 Å². The van der Waals surface area contributed by atoms with Gasteiger partial charge in [-0.05, 0) is 55.4 Å². The maximum atomic E-state index is 12.3. The average molecular weight is 250 g/mol. The van der Waals surface area contributed by atoms with E-state index in [1.807, 2.05) is 0 Å². The molecule has 0 aromatic carbocycles. The van der Waals surface area contributed by atoms with Crippen molar-refractivity contribution >= 4 is 5.91 Å². The van der Waals surface area contributed by atoms with E-state index in [4.69, 9.17) is 0 Å². The van der Waals surface area contributed by atoms with Crippen molar-refractivity contribution in [3.8, 4) is 0 Å². The van der Waals surface area contributed by atoms with Crippen LogP contribution in [-0.4, -0.2) is 25.0 Å². The van der Waals surface area contributed by atoms with Gasteiger partial charge in [0.05, 0.1) is 6.04 Å². The van der Waals surface area contributed by atoms with E-state index >= 15 is 0 Å². The molecule has 0 radical (unpaired) electrons. The minimum Gasteiger partial charge on any atom is -0.354 e. The molecule has 1 aliphatic heterocycles. The molecule has 2 N–H and O–H groups in total. The first-order valence-electron chi connectivity index (χ1n) is 7.63. The molecule has 102 valence electrons. The third kappa shape index (κ3) is 2.07. The summed E-state index contributed by atoms with van der Waals surface area (Å²) in [6.07, 6.45) is 6.45. The SMILES string of the molecule is CC(C)C1(CNC(=O)C2NCC3CCCC32)CC1. The van der Waals surface area contributed by atoms with Gasteiger partial charge in [-0.15, -0.1) is 0 Å². The molecule has 3 fully saturated rings. The minimum atomic E-state index is 0.0977. The Balaban J connectivity index is 1.53. The Morgan fingerprint density at radius 1 is 1.39 bits per heavy atom. The van der Waals surface area contributed by atoms with Crippen molar-refractivity contribution in [2.45, 2.75) is 52.0 Å². The summed E-state index contributed by atoms with van der Waals surface area (Å²) in [5.74, 6) is 2.32. The van der Waals surface area contributed by atoms with Crippen molar-refractivity contribution in [3.05, 3.63) is 0 Å². The van der Waals surface area contributed by atoms with E-state index in [0.717, 1.165) is 19.0 Å². The summed E-state index contributed by atoms with van der Waals surface area (Å²) in [7, 11) is 0. The molecule has 3 atom stereocenters. The Morgan fingerprint density at radius 3 is 2.83 bits per heavy atom. The molecule has 18 heavy (non-hydrogen) atoms. The summed E-state index contributed by atoms with van der Waals surface area (Å²) in [5.41, 5.74) is 0.420. The molecule has 1 amide bonds. The second-order valence-corrected chi connectivity index (χ2v) is 6.98. The quantitative estimate of drug-likeness (QED) is 0.800. The van der Waals surface area contributed by atoms with E-state index in [2.05, 4.69) is 24.5 Å². The van der Waals surface area contributed by atoms with Crippen molar-refractivity contribution in [1.29, 1.82) is 0 Å². The zero-order valence-electron chi connectivity index (χ0n) is 11.7. The Kier molecular flexibility index (Phi) is 3.13. The summed E-state index contributed by atoms with van der Waals surface area (Å²) >= 11 is 0. The van der Waals surface area contributed by atoms with E-state index in [-0.39, 0.29) is 11.9 Å². The van der Waals surface area contributed by atoms with E-state index in [9.17, 15) is 4.79 Å². The van der Waals surface area contributed by atoms with E-state index in [1.165, 1.54) is 32.1 Å². The highest BCUT2D eigenvalue weighted by molar-refractivity contribution is 5.82. The van der Waals surface area contributed by atoms with Crippen molar-refractivity contribution < 1.29 is 4.79 Å². The van der Waals surface area contributed by atoms with Crippen LogP contribution < -0.4 is 10.6 Å². The molecule has 2 aliphatic carbocycles. The second-order valence-electron chi connectivity index (χ2n) is 6.98. The van der Waals surface area contributed by atoms with Crippen molar-refractivity contribution in [3.63, 3.8) is 0 Å². The van der Waals surface area contributed by atoms with Crippen molar-refractivity contribution in [2.24, 2.45) is 23.2 Å². The van der Waals surface area contributed by atoms with Crippen molar-refractivity contribution in [1.82, 2.24) is 10.6 Å². The summed E-state index contributed by atoms with van der Waals surface area (Å²) < 4.78 is 0. The van der Waals surface area contributed by atoms with Gasteiger partial charge in [0.2, 0.25) is 5.91 Å². The van der Waals surface area contributed by atoms with Crippen LogP contribution in [0.1, 0.15) is 46.0 Å². The maximum Gasteiger partial charge on any atom is 0.237 e. The van der Waals surface area contributed by atoms with Gasteiger partial charge in [0, 0.05) is 6.54 Å². The molecule has 3 aliphatic rings. The average Bonchev–Trinajstić information content (AvgIpc) is 2.81. The minimum absolute atomic E-state index is 0.0977. The molecule has 0 spiro atoms. The smallest absolute Gasteiger partial charge is 0.237 e. The molecule has 2 saturated carbocycles. The van der Waals surface area contributed by atoms with Gasteiger partial charge < -0.3 is 10.6 Å².